The monoisotopic (exact) mass is 459 g/mol. The molecule has 0 heterocycles. The molecule has 0 unspecified atom stereocenters. The van der Waals surface area contributed by atoms with Gasteiger partial charge in [-0.15, -0.1) is 0 Å². The topological polar surface area (TPSA) is 86.8 Å². The fraction of sp³-hybridized carbons (Fsp3) is 0.417. The molecule has 0 saturated heterocycles. The second-order valence-corrected chi connectivity index (χ2v) is 10.0. The van der Waals surface area contributed by atoms with E-state index in [0.29, 0.717) is 12.2 Å². The van der Waals surface area contributed by atoms with E-state index in [-0.39, 0.29) is 12.5 Å². The van der Waals surface area contributed by atoms with Gasteiger partial charge in [-0.1, -0.05) is 47.5 Å². The number of nitrogens with one attached hydrogen (secondary N) is 1. The van der Waals surface area contributed by atoms with Gasteiger partial charge in [-0.25, -0.2) is 8.42 Å². The van der Waals surface area contributed by atoms with E-state index in [1.54, 1.807) is 13.0 Å². The second-order valence-electron chi connectivity index (χ2n) is 8.14. The van der Waals surface area contributed by atoms with Crippen molar-refractivity contribution in [3.63, 3.8) is 0 Å². The van der Waals surface area contributed by atoms with Crippen LogP contribution in [0.2, 0.25) is 0 Å². The molecule has 1 N–H and O–H groups in total. The molecular weight excluding hydrogens is 426 g/mol. The summed E-state index contributed by atoms with van der Waals surface area (Å²) in [4.78, 5) is 27.4. The van der Waals surface area contributed by atoms with E-state index in [0.717, 1.165) is 32.8 Å². The first kappa shape index (κ1) is 25.4. The number of nitrogens with zero attached hydrogens (tertiary/aromatic N) is 2. The van der Waals surface area contributed by atoms with Gasteiger partial charge in [0.1, 0.15) is 12.6 Å². The SMILES string of the molecule is CCNC(=O)[C@H](C)N(Cc1ccc(C)cc1)C(=O)CN(c1ccc(C)cc1C)S(C)(=O)=O. The van der Waals surface area contributed by atoms with Crippen LogP contribution < -0.4 is 9.62 Å². The van der Waals surface area contributed by atoms with E-state index in [1.807, 2.05) is 64.1 Å². The molecule has 174 valence electrons. The number of carbonyl (C=O) groups excluding carboxylic acids is 2. The van der Waals surface area contributed by atoms with Gasteiger partial charge < -0.3 is 10.2 Å². The summed E-state index contributed by atoms with van der Waals surface area (Å²) in [5.41, 5.74) is 4.15. The van der Waals surface area contributed by atoms with Gasteiger partial charge in [-0.05, 0) is 51.8 Å². The van der Waals surface area contributed by atoms with Crippen LogP contribution in [0.1, 0.15) is 36.1 Å². The van der Waals surface area contributed by atoms with Crippen molar-refractivity contribution in [1.82, 2.24) is 10.2 Å². The first-order valence-corrected chi connectivity index (χ1v) is 12.5. The molecule has 8 heteroatoms. The van der Waals surface area contributed by atoms with E-state index < -0.39 is 28.5 Å². The zero-order chi connectivity index (χ0) is 24.1. The van der Waals surface area contributed by atoms with Crippen LogP contribution in [0, 0.1) is 20.8 Å². The highest BCUT2D eigenvalue weighted by molar-refractivity contribution is 7.92. The Hall–Kier alpha value is -2.87. The highest BCUT2D eigenvalue weighted by Crippen LogP contribution is 2.24. The van der Waals surface area contributed by atoms with Crippen molar-refractivity contribution in [3.05, 3.63) is 64.7 Å². The minimum atomic E-state index is -3.73. The summed E-state index contributed by atoms with van der Waals surface area (Å²) in [6.45, 7) is 9.41. The third-order valence-electron chi connectivity index (χ3n) is 5.29. The lowest BCUT2D eigenvalue weighted by atomic mass is 10.1. The highest BCUT2D eigenvalue weighted by Gasteiger charge is 2.30. The lowest BCUT2D eigenvalue weighted by molar-refractivity contribution is -0.139. The largest absolute Gasteiger partial charge is 0.355 e. The first-order valence-electron chi connectivity index (χ1n) is 10.6. The predicted octanol–water partition coefficient (Wildman–Crippen LogP) is 2.93. The lowest BCUT2D eigenvalue weighted by Crippen LogP contribution is -2.51. The summed E-state index contributed by atoms with van der Waals surface area (Å²) in [7, 11) is -3.73. The Labute approximate surface area is 191 Å². The Morgan fingerprint density at radius 2 is 1.59 bits per heavy atom. The minimum absolute atomic E-state index is 0.196. The van der Waals surface area contributed by atoms with E-state index in [9.17, 15) is 18.0 Å². The third kappa shape index (κ3) is 6.56. The van der Waals surface area contributed by atoms with E-state index >= 15 is 0 Å². The number of anilines is 1. The quantitative estimate of drug-likeness (QED) is 0.625. The van der Waals surface area contributed by atoms with Gasteiger partial charge >= 0.3 is 0 Å². The van der Waals surface area contributed by atoms with Crippen molar-refractivity contribution in [2.75, 3.05) is 23.7 Å². The van der Waals surface area contributed by atoms with Crippen LogP contribution in [-0.2, 0) is 26.2 Å². The summed E-state index contributed by atoms with van der Waals surface area (Å²) >= 11 is 0. The highest BCUT2D eigenvalue weighted by atomic mass is 32.2. The van der Waals surface area contributed by atoms with Gasteiger partial charge in [0.25, 0.3) is 0 Å². The number of hydrogen-bond acceptors (Lipinski definition) is 4. The van der Waals surface area contributed by atoms with Gasteiger partial charge in [-0.3, -0.25) is 13.9 Å². The maximum absolute atomic E-state index is 13.4. The Kier molecular flexibility index (Phi) is 8.44. The number of carbonyl (C=O) groups is 2. The number of rotatable bonds is 9. The van der Waals surface area contributed by atoms with Crippen LogP contribution in [0.4, 0.5) is 5.69 Å². The summed E-state index contributed by atoms with van der Waals surface area (Å²) in [5.74, 6) is -0.736. The van der Waals surface area contributed by atoms with Crippen LogP contribution in [-0.4, -0.2) is 50.5 Å². The number of hydrogen-bond donors (Lipinski definition) is 1. The van der Waals surface area contributed by atoms with Gasteiger partial charge in [0, 0.05) is 13.1 Å². The molecule has 0 saturated carbocycles. The minimum Gasteiger partial charge on any atom is -0.355 e. The van der Waals surface area contributed by atoms with Crippen molar-refractivity contribution in [2.24, 2.45) is 0 Å². The molecule has 0 spiro atoms. The summed E-state index contributed by atoms with van der Waals surface area (Å²) in [5, 5.41) is 2.74. The van der Waals surface area contributed by atoms with Gasteiger partial charge in [0.2, 0.25) is 21.8 Å². The Bertz CT molecular complexity index is 1070. The lowest BCUT2D eigenvalue weighted by Gasteiger charge is -2.32. The first-order chi connectivity index (χ1) is 14.9. The molecule has 0 bridgehead atoms. The van der Waals surface area contributed by atoms with Crippen molar-refractivity contribution in [3.8, 4) is 0 Å². The Morgan fingerprint density at radius 1 is 1.00 bits per heavy atom. The molecule has 32 heavy (non-hydrogen) atoms. The van der Waals surface area contributed by atoms with Crippen LogP contribution in [0.3, 0.4) is 0 Å². The number of benzene rings is 2. The molecule has 2 aromatic carbocycles. The molecule has 2 amide bonds. The molecule has 0 fully saturated rings. The maximum Gasteiger partial charge on any atom is 0.244 e. The van der Waals surface area contributed by atoms with Crippen LogP contribution in [0.25, 0.3) is 0 Å². The fourth-order valence-corrected chi connectivity index (χ4v) is 4.38. The van der Waals surface area contributed by atoms with Gasteiger partial charge in [0.15, 0.2) is 0 Å². The predicted molar refractivity (Wildman–Crippen MR) is 128 cm³/mol. The van der Waals surface area contributed by atoms with Crippen molar-refractivity contribution in [2.45, 2.75) is 47.2 Å². The van der Waals surface area contributed by atoms with E-state index in [1.165, 1.54) is 4.90 Å². The smallest absolute Gasteiger partial charge is 0.244 e. The average Bonchev–Trinajstić information content (AvgIpc) is 2.71. The molecular formula is C24H33N3O4S. The molecule has 0 aliphatic carbocycles. The van der Waals surface area contributed by atoms with Crippen LogP contribution in [0.15, 0.2) is 42.5 Å². The molecule has 0 radical (unpaired) electrons. The maximum atomic E-state index is 13.4. The van der Waals surface area contributed by atoms with Gasteiger partial charge in [0.05, 0.1) is 11.9 Å². The molecule has 1 atom stereocenters. The molecule has 2 rings (SSSR count). The third-order valence-corrected chi connectivity index (χ3v) is 6.42. The van der Waals surface area contributed by atoms with Crippen molar-refractivity contribution in [1.29, 1.82) is 0 Å². The van der Waals surface area contributed by atoms with Crippen LogP contribution >= 0.6 is 0 Å². The molecule has 7 nitrogen and oxygen atoms in total. The number of amides is 2. The molecule has 0 aliphatic heterocycles. The zero-order valence-corrected chi connectivity index (χ0v) is 20.5. The molecule has 2 aromatic rings. The number of sulfonamides is 1. The average molecular weight is 460 g/mol. The zero-order valence-electron chi connectivity index (χ0n) is 19.7. The summed E-state index contributed by atoms with van der Waals surface area (Å²) in [6, 6.07) is 12.3. The fourth-order valence-electron chi connectivity index (χ4n) is 3.47. The summed E-state index contributed by atoms with van der Waals surface area (Å²) in [6.07, 6.45) is 1.08. The van der Waals surface area contributed by atoms with Crippen molar-refractivity contribution < 1.29 is 18.0 Å². The van der Waals surface area contributed by atoms with Crippen molar-refractivity contribution >= 4 is 27.5 Å². The standard InChI is InChI=1S/C24H33N3O4S/c1-7-25-24(29)20(5)26(15-21-11-8-17(2)9-12-21)23(28)16-27(32(6,30)31)22-13-10-18(3)14-19(22)4/h8-14,20H,7,15-16H2,1-6H3,(H,25,29)/t20-/m0/s1. The normalized spacial score (nSPS) is 12.2. The van der Waals surface area contributed by atoms with Gasteiger partial charge in [-0.2, -0.15) is 0 Å². The second kappa shape index (κ2) is 10.6. The Morgan fingerprint density at radius 3 is 2.12 bits per heavy atom. The summed E-state index contributed by atoms with van der Waals surface area (Å²) < 4.78 is 26.3. The number of likely N-dealkylation sites (N-methyl/N-ethyl adjacent to an activating group) is 1. The number of aryl methyl sites for hydroxylation is 3. The van der Waals surface area contributed by atoms with E-state index in [2.05, 4.69) is 5.32 Å². The Balaban J connectivity index is 2.40. The molecule has 0 aliphatic rings. The van der Waals surface area contributed by atoms with E-state index in [4.69, 9.17) is 0 Å². The van der Waals surface area contributed by atoms with Crippen LogP contribution in [0.5, 0.6) is 0 Å². The molecule has 0 aromatic heterocycles.